The van der Waals surface area contributed by atoms with Crippen molar-refractivity contribution < 1.29 is 18.3 Å². The van der Waals surface area contributed by atoms with Gasteiger partial charge in [-0.2, -0.15) is 0 Å². The highest BCUT2D eigenvalue weighted by molar-refractivity contribution is 7.91. The fourth-order valence-electron chi connectivity index (χ4n) is 2.50. The Morgan fingerprint density at radius 2 is 1.94 bits per heavy atom. The minimum absolute atomic E-state index is 0.0806. The predicted molar refractivity (Wildman–Crippen MR) is 68.3 cm³/mol. The molecule has 1 aromatic rings. The van der Waals surface area contributed by atoms with Crippen molar-refractivity contribution in [3.63, 3.8) is 0 Å². The van der Waals surface area contributed by atoms with E-state index < -0.39 is 15.8 Å². The Balaban J connectivity index is 2.23. The van der Waals surface area contributed by atoms with Gasteiger partial charge in [0.2, 0.25) is 0 Å². The summed E-state index contributed by atoms with van der Waals surface area (Å²) in [6, 6.07) is 6.39. The molecular weight excluding hydrogens is 252 g/mol. The van der Waals surface area contributed by atoms with E-state index >= 15 is 0 Å². The molecule has 2 rings (SSSR count). The third-order valence-electron chi connectivity index (χ3n) is 3.43. The van der Waals surface area contributed by atoms with Crippen molar-refractivity contribution >= 4 is 16.1 Å². The molecule has 1 heterocycles. The fourth-order valence-corrected chi connectivity index (χ4v) is 4.30. The average Bonchev–Trinajstić information content (AvgIpc) is 2.31. The number of aldehydes is 1. The monoisotopic (exact) mass is 268 g/mol. The minimum atomic E-state index is -3.01. The lowest BCUT2D eigenvalue weighted by Crippen LogP contribution is -2.30. The van der Waals surface area contributed by atoms with Gasteiger partial charge in [-0.05, 0) is 36.5 Å². The van der Waals surface area contributed by atoms with Crippen molar-refractivity contribution in [2.45, 2.75) is 18.8 Å². The van der Waals surface area contributed by atoms with Crippen LogP contribution in [0.2, 0.25) is 0 Å². The number of sulfone groups is 1. The number of hydrogen-bond acceptors (Lipinski definition) is 4. The number of hydrogen-bond donors (Lipinski definition) is 1. The number of benzene rings is 1. The van der Waals surface area contributed by atoms with E-state index in [1.807, 2.05) is 0 Å². The van der Waals surface area contributed by atoms with Gasteiger partial charge in [0.15, 0.2) is 9.84 Å². The van der Waals surface area contributed by atoms with Gasteiger partial charge in [-0.3, -0.25) is 0 Å². The second-order valence-corrected chi connectivity index (χ2v) is 7.00. The molecule has 98 valence electrons. The zero-order chi connectivity index (χ0) is 13.2. The Morgan fingerprint density at radius 1 is 1.28 bits per heavy atom. The van der Waals surface area contributed by atoms with Crippen molar-refractivity contribution in [2.75, 3.05) is 11.5 Å². The van der Waals surface area contributed by atoms with E-state index in [0.717, 1.165) is 18.3 Å². The molecule has 1 fully saturated rings. The molecule has 18 heavy (non-hydrogen) atoms. The predicted octanol–water partition coefficient (Wildman–Crippen LogP) is 1.50. The minimum Gasteiger partial charge on any atom is -0.508 e. The first-order valence-electron chi connectivity index (χ1n) is 5.96. The summed E-state index contributed by atoms with van der Waals surface area (Å²) in [7, 11) is -3.01. The normalized spacial score (nSPS) is 24.3. The van der Waals surface area contributed by atoms with Gasteiger partial charge >= 0.3 is 0 Å². The highest BCUT2D eigenvalue weighted by Crippen LogP contribution is 2.32. The Morgan fingerprint density at radius 3 is 2.50 bits per heavy atom. The van der Waals surface area contributed by atoms with Crippen LogP contribution in [0.3, 0.4) is 0 Å². The van der Waals surface area contributed by atoms with Crippen LogP contribution in [0.1, 0.15) is 24.3 Å². The van der Waals surface area contributed by atoms with E-state index in [-0.39, 0.29) is 23.2 Å². The van der Waals surface area contributed by atoms with E-state index in [4.69, 9.17) is 0 Å². The van der Waals surface area contributed by atoms with Gasteiger partial charge in [-0.1, -0.05) is 12.1 Å². The molecule has 0 aliphatic carbocycles. The molecule has 1 aliphatic heterocycles. The maximum Gasteiger partial charge on any atom is 0.150 e. The van der Waals surface area contributed by atoms with Gasteiger partial charge in [-0.15, -0.1) is 0 Å². The number of carbonyl (C=O) groups excluding carboxylic acids is 1. The lowest BCUT2D eigenvalue weighted by Gasteiger charge is -2.26. The molecule has 0 bridgehead atoms. The van der Waals surface area contributed by atoms with Gasteiger partial charge < -0.3 is 9.90 Å². The molecule has 5 heteroatoms. The van der Waals surface area contributed by atoms with Crippen LogP contribution in [0.4, 0.5) is 0 Å². The first-order chi connectivity index (χ1) is 8.52. The number of aromatic hydroxyl groups is 1. The van der Waals surface area contributed by atoms with Crippen molar-refractivity contribution in [1.29, 1.82) is 0 Å². The summed E-state index contributed by atoms with van der Waals surface area (Å²) in [5.41, 5.74) is 0.768. The fraction of sp³-hybridized carbons (Fsp3) is 0.462. The maximum atomic E-state index is 11.6. The standard InChI is InChI=1S/C13H16O4S/c14-8-13(10-3-5-12(15)6-4-10)11-2-1-7-18(16,17)9-11/h3-6,8,11,13,15H,1-2,7,9H2. The van der Waals surface area contributed by atoms with Crippen LogP contribution in [0, 0.1) is 5.92 Å². The zero-order valence-corrected chi connectivity index (χ0v) is 10.8. The smallest absolute Gasteiger partial charge is 0.150 e. The topological polar surface area (TPSA) is 71.4 Å². The largest absolute Gasteiger partial charge is 0.508 e. The lowest BCUT2D eigenvalue weighted by molar-refractivity contribution is -0.110. The van der Waals surface area contributed by atoms with Crippen molar-refractivity contribution in [3.05, 3.63) is 29.8 Å². The Bertz CT molecular complexity index is 518. The van der Waals surface area contributed by atoms with Crippen LogP contribution in [0.15, 0.2) is 24.3 Å². The average molecular weight is 268 g/mol. The van der Waals surface area contributed by atoms with Crippen LogP contribution in [-0.4, -0.2) is 31.3 Å². The second-order valence-electron chi connectivity index (χ2n) is 4.77. The van der Waals surface area contributed by atoms with Crippen molar-refractivity contribution in [1.82, 2.24) is 0 Å². The Kier molecular flexibility index (Phi) is 3.71. The number of carbonyl (C=O) groups is 1. The summed E-state index contributed by atoms with van der Waals surface area (Å²) >= 11 is 0. The highest BCUT2D eigenvalue weighted by Gasteiger charge is 2.31. The molecule has 1 saturated heterocycles. The van der Waals surface area contributed by atoms with Gasteiger partial charge in [-0.25, -0.2) is 8.42 Å². The molecule has 0 amide bonds. The van der Waals surface area contributed by atoms with Gasteiger partial charge in [0.1, 0.15) is 12.0 Å². The maximum absolute atomic E-state index is 11.6. The Labute approximate surface area is 107 Å². The second kappa shape index (κ2) is 5.10. The highest BCUT2D eigenvalue weighted by atomic mass is 32.2. The number of phenols is 1. The summed E-state index contributed by atoms with van der Waals surface area (Å²) in [4.78, 5) is 11.2. The first-order valence-corrected chi connectivity index (χ1v) is 7.78. The molecule has 0 spiro atoms. The van der Waals surface area contributed by atoms with E-state index in [9.17, 15) is 18.3 Å². The summed E-state index contributed by atoms with van der Waals surface area (Å²) in [6.45, 7) is 0. The van der Waals surface area contributed by atoms with E-state index in [1.54, 1.807) is 12.1 Å². The van der Waals surface area contributed by atoms with Crippen molar-refractivity contribution in [2.24, 2.45) is 5.92 Å². The lowest BCUT2D eigenvalue weighted by atomic mass is 9.85. The Hall–Kier alpha value is -1.36. The molecule has 1 N–H and O–H groups in total. The molecular formula is C13H16O4S. The molecule has 2 unspecified atom stereocenters. The quantitative estimate of drug-likeness (QED) is 0.843. The van der Waals surface area contributed by atoms with Crippen LogP contribution in [-0.2, 0) is 14.6 Å². The third kappa shape index (κ3) is 2.90. The molecule has 2 atom stereocenters. The SMILES string of the molecule is O=CC(c1ccc(O)cc1)C1CCCS(=O)(=O)C1. The first kappa shape index (κ1) is 13.1. The van der Waals surface area contributed by atoms with E-state index in [2.05, 4.69) is 0 Å². The molecule has 1 aromatic carbocycles. The number of phenolic OH excluding ortho intramolecular Hbond substituents is 1. The summed E-state index contributed by atoms with van der Waals surface area (Å²) in [5, 5.41) is 9.22. The molecule has 0 aromatic heterocycles. The van der Waals surface area contributed by atoms with Crippen LogP contribution >= 0.6 is 0 Å². The summed E-state index contributed by atoms with van der Waals surface area (Å²) in [5.74, 6) is -0.104. The molecule has 4 nitrogen and oxygen atoms in total. The molecule has 1 aliphatic rings. The molecule has 0 radical (unpaired) electrons. The van der Waals surface area contributed by atoms with Crippen molar-refractivity contribution in [3.8, 4) is 5.75 Å². The third-order valence-corrected chi connectivity index (χ3v) is 5.28. The van der Waals surface area contributed by atoms with Gasteiger partial charge in [0.05, 0.1) is 11.5 Å². The van der Waals surface area contributed by atoms with E-state index in [0.29, 0.717) is 6.42 Å². The zero-order valence-electron chi connectivity index (χ0n) is 9.95. The van der Waals surface area contributed by atoms with Gasteiger partial charge in [0.25, 0.3) is 0 Å². The van der Waals surface area contributed by atoms with Crippen LogP contribution in [0.5, 0.6) is 5.75 Å². The summed E-state index contributed by atoms with van der Waals surface area (Å²) in [6.07, 6.45) is 2.19. The molecule has 0 saturated carbocycles. The summed E-state index contributed by atoms with van der Waals surface area (Å²) < 4.78 is 23.2. The number of rotatable bonds is 3. The van der Waals surface area contributed by atoms with Crippen LogP contribution < -0.4 is 0 Å². The van der Waals surface area contributed by atoms with Crippen LogP contribution in [0.25, 0.3) is 0 Å². The van der Waals surface area contributed by atoms with E-state index in [1.165, 1.54) is 12.1 Å². The van der Waals surface area contributed by atoms with Gasteiger partial charge in [0, 0.05) is 5.92 Å².